The van der Waals surface area contributed by atoms with Gasteiger partial charge in [-0.15, -0.1) is 0 Å². The Bertz CT molecular complexity index is 704. The minimum absolute atomic E-state index is 0.0581. The smallest absolute Gasteiger partial charge is 0.380 e. The fourth-order valence-electron chi connectivity index (χ4n) is 1.66. The van der Waals surface area contributed by atoms with Gasteiger partial charge in [-0.05, 0) is 48.8 Å². The standard InChI is InChI=1S/C15H16BrN3O3/c1-15(2,3)19-8-10(7-17-19)13(20)14(21)22-9-11-5-4-6-12(16)18-11/h4-8H,9H2,1-3H3. The van der Waals surface area contributed by atoms with Crippen molar-refractivity contribution < 1.29 is 14.3 Å². The monoisotopic (exact) mass is 365 g/mol. The first kappa shape index (κ1) is 16.4. The number of aromatic nitrogens is 3. The van der Waals surface area contributed by atoms with Gasteiger partial charge in [0.2, 0.25) is 0 Å². The van der Waals surface area contributed by atoms with Gasteiger partial charge in [-0.2, -0.15) is 5.10 Å². The molecule has 0 saturated carbocycles. The van der Waals surface area contributed by atoms with Crippen LogP contribution in [0.5, 0.6) is 0 Å². The van der Waals surface area contributed by atoms with Gasteiger partial charge in [-0.3, -0.25) is 9.48 Å². The number of ether oxygens (including phenoxy) is 1. The molecule has 0 bridgehead atoms. The average molecular weight is 366 g/mol. The number of ketones is 1. The van der Waals surface area contributed by atoms with E-state index >= 15 is 0 Å². The third-order valence-corrected chi connectivity index (χ3v) is 3.28. The number of nitrogens with zero attached hydrogens (tertiary/aromatic N) is 3. The summed E-state index contributed by atoms with van der Waals surface area (Å²) in [7, 11) is 0. The fraction of sp³-hybridized carbons (Fsp3) is 0.333. The quantitative estimate of drug-likeness (QED) is 0.360. The summed E-state index contributed by atoms with van der Waals surface area (Å²) in [5, 5.41) is 4.09. The van der Waals surface area contributed by atoms with Crippen LogP contribution in [0, 0.1) is 0 Å². The zero-order valence-corrected chi connectivity index (χ0v) is 14.1. The Balaban J connectivity index is 2.00. The minimum Gasteiger partial charge on any atom is -0.453 e. The van der Waals surface area contributed by atoms with Gasteiger partial charge in [-0.1, -0.05) is 6.07 Å². The molecule has 7 heteroatoms. The zero-order valence-electron chi connectivity index (χ0n) is 12.5. The summed E-state index contributed by atoms with van der Waals surface area (Å²) >= 11 is 3.23. The molecule has 0 aliphatic carbocycles. The lowest BCUT2D eigenvalue weighted by Crippen LogP contribution is -2.22. The Hall–Kier alpha value is -2.02. The van der Waals surface area contributed by atoms with Crippen molar-refractivity contribution >= 4 is 27.7 Å². The first-order chi connectivity index (χ1) is 10.3. The largest absolute Gasteiger partial charge is 0.453 e. The van der Waals surface area contributed by atoms with Gasteiger partial charge < -0.3 is 4.74 Å². The molecular weight excluding hydrogens is 350 g/mol. The van der Waals surface area contributed by atoms with Crippen LogP contribution in [0.3, 0.4) is 0 Å². The second kappa shape index (κ2) is 6.39. The fourth-order valence-corrected chi connectivity index (χ4v) is 2.04. The van der Waals surface area contributed by atoms with Crippen LogP contribution in [0.25, 0.3) is 0 Å². The van der Waals surface area contributed by atoms with Crippen molar-refractivity contribution in [3.63, 3.8) is 0 Å². The van der Waals surface area contributed by atoms with E-state index in [-0.39, 0.29) is 17.7 Å². The SMILES string of the molecule is CC(C)(C)n1cc(C(=O)C(=O)OCc2cccc(Br)n2)cn1. The molecule has 0 fully saturated rings. The Labute approximate surface area is 136 Å². The molecule has 0 unspecified atom stereocenters. The van der Waals surface area contributed by atoms with E-state index in [9.17, 15) is 9.59 Å². The molecule has 116 valence electrons. The third kappa shape index (κ3) is 4.00. The molecule has 2 rings (SSSR count). The second-order valence-corrected chi connectivity index (χ2v) is 6.51. The topological polar surface area (TPSA) is 74.1 Å². The van der Waals surface area contributed by atoms with Crippen LogP contribution in [0.2, 0.25) is 0 Å². The Kier molecular flexibility index (Phi) is 4.75. The van der Waals surface area contributed by atoms with Crippen molar-refractivity contribution in [1.82, 2.24) is 14.8 Å². The molecule has 22 heavy (non-hydrogen) atoms. The van der Waals surface area contributed by atoms with Crippen molar-refractivity contribution in [3.8, 4) is 0 Å². The van der Waals surface area contributed by atoms with Gasteiger partial charge in [0.05, 0.1) is 23.0 Å². The number of carbonyl (C=O) groups is 2. The van der Waals surface area contributed by atoms with Crippen molar-refractivity contribution in [2.24, 2.45) is 0 Å². The van der Waals surface area contributed by atoms with E-state index in [1.54, 1.807) is 29.1 Å². The normalized spacial score (nSPS) is 11.3. The van der Waals surface area contributed by atoms with Crippen LogP contribution in [-0.4, -0.2) is 26.5 Å². The molecule has 2 aromatic rings. The molecule has 0 amide bonds. The molecule has 0 aliphatic heterocycles. The Morgan fingerprint density at radius 2 is 2.05 bits per heavy atom. The summed E-state index contributed by atoms with van der Waals surface area (Å²) in [5.74, 6) is -1.64. The number of rotatable bonds is 4. The minimum atomic E-state index is -0.921. The van der Waals surface area contributed by atoms with Gasteiger partial charge >= 0.3 is 5.97 Å². The van der Waals surface area contributed by atoms with E-state index < -0.39 is 11.8 Å². The highest BCUT2D eigenvalue weighted by Crippen LogP contribution is 2.14. The number of pyridine rings is 1. The van der Waals surface area contributed by atoms with E-state index in [1.165, 1.54) is 6.20 Å². The molecule has 0 N–H and O–H groups in total. The van der Waals surface area contributed by atoms with E-state index in [2.05, 4.69) is 26.0 Å². The van der Waals surface area contributed by atoms with Crippen LogP contribution in [0.1, 0.15) is 36.8 Å². The van der Waals surface area contributed by atoms with Crippen LogP contribution in [0.15, 0.2) is 35.2 Å². The first-order valence-electron chi connectivity index (χ1n) is 6.65. The molecule has 2 aromatic heterocycles. The van der Waals surface area contributed by atoms with Crippen LogP contribution < -0.4 is 0 Å². The number of hydrogen-bond donors (Lipinski definition) is 0. The van der Waals surface area contributed by atoms with E-state index in [4.69, 9.17) is 4.74 Å². The summed E-state index contributed by atoms with van der Waals surface area (Å²) in [4.78, 5) is 28.0. The van der Waals surface area contributed by atoms with Crippen LogP contribution in [-0.2, 0) is 21.7 Å². The van der Waals surface area contributed by atoms with Gasteiger partial charge in [0.1, 0.15) is 11.2 Å². The first-order valence-corrected chi connectivity index (χ1v) is 7.45. The highest BCUT2D eigenvalue weighted by Gasteiger charge is 2.22. The van der Waals surface area contributed by atoms with Gasteiger partial charge in [-0.25, -0.2) is 9.78 Å². The second-order valence-electron chi connectivity index (χ2n) is 5.70. The van der Waals surface area contributed by atoms with Crippen molar-refractivity contribution in [2.75, 3.05) is 0 Å². The van der Waals surface area contributed by atoms with Gasteiger partial charge in [0, 0.05) is 6.20 Å². The number of esters is 1. The molecule has 0 spiro atoms. The molecule has 6 nitrogen and oxygen atoms in total. The Morgan fingerprint density at radius 3 is 2.64 bits per heavy atom. The lowest BCUT2D eigenvalue weighted by atomic mass is 10.1. The lowest BCUT2D eigenvalue weighted by Gasteiger charge is -2.18. The molecular formula is C15H16BrN3O3. The molecule has 0 radical (unpaired) electrons. The summed E-state index contributed by atoms with van der Waals surface area (Å²) < 4.78 is 7.25. The number of Topliss-reactive ketones (excluding diaryl/α,β-unsaturated/α-hetero) is 1. The third-order valence-electron chi connectivity index (χ3n) is 2.84. The van der Waals surface area contributed by atoms with E-state index in [0.29, 0.717) is 10.3 Å². The predicted molar refractivity (Wildman–Crippen MR) is 83.3 cm³/mol. The highest BCUT2D eigenvalue weighted by molar-refractivity contribution is 9.10. The lowest BCUT2D eigenvalue weighted by molar-refractivity contribution is -0.139. The summed E-state index contributed by atoms with van der Waals surface area (Å²) in [6, 6.07) is 5.24. The van der Waals surface area contributed by atoms with Crippen LogP contribution in [0.4, 0.5) is 0 Å². The van der Waals surface area contributed by atoms with Crippen molar-refractivity contribution in [1.29, 1.82) is 0 Å². The number of carbonyl (C=O) groups excluding carboxylic acids is 2. The summed E-state index contributed by atoms with van der Waals surface area (Å²) in [6.45, 7) is 5.79. The van der Waals surface area contributed by atoms with Crippen molar-refractivity contribution in [3.05, 3.63) is 46.5 Å². The maximum atomic E-state index is 12.0. The van der Waals surface area contributed by atoms with Gasteiger partial charge in [0.15, 0.2) is 0 Å². The molecule has 0 saturated heterocycles. The molecule has 0 atom stereocenters. The van der Waals surface area contributed by atoms with E-state index in [0.717, 1.165) is 0 Å². The van der Waals surface area contributed by atoms with Crippen molar-refractivity contribution in [2.45, 2.75) is 32.9 Å². The summed E-state index contributed by atoms with van der Waals surface area (Å²) in [5.41, 5.74) is 0.505. The number of hydrogen-bond acceptors (Lipinski definition) is 5. The summed E-state index contributed by atoms with van der Waals surface area (Å²) in [6.07, 6.45) is 2.91. The molecule has 0 aliphatic rings. The average Bonchev–Trinajstić information content (AvgIpc) is 2.94. The molecule has 0 aromatic carbocycles. The highest BCUT2D eigenvalue weighted by atomic mass is 79.9. The predicted octanol–water partition coefficient (Wildman–Crippen LogP) is 2.72. The zero-order chi connectivity index (χ0) is 16.3. The van der Waals surface area contributed by atoms with E-state index in [1.807, 2.05) is 20.8 Å². The molecule has 2 heterocycles. The Morgan fingerprint density at radius 1 is 1.32 bits per heavy atom. The maximum Gasteiger partial charge on any atom is 0.380 e. The van der Waals surface area contributed by atoms with Gasteiger partial charge in [0.25, 0.3) is 5.78 Å². The van der Waals surface area contributed by atoms with Crippen LogP contribution >= 0.6 is 15.9 Å². The maximum absolute atomic E-state index is 12.0. The number of halogens is 1.